The molecule has 3 heterocycles. The number of nitrogens with one attached hydrogen (secondary N) is 3. The van der Waals surface area contributed by atoms with E-state index in [0.717, 1.165) is 5.56 Å². The Morgan fingerprint density at radius 3 is 2.68 bits per heavy atom. The van der Waals surface area contributed by atoms with Gasteiger partial charge >= 0.3 is 5.97 Å². The first kappa shape index (κ1) is 20.9. The number of rotatable bonds is 6. The van der Waals surface area contributed by atoms with Crippen LogP contribution in [0.2, 0.25) is 0 Å². The summed E-state index contributed by atoms with van der Waals surface area (Å²) in [6.45, 7) is -0.515. The van der Waals surface area contributed by atoms with Gasteiger partial charge in [-0.2, -0.15) is 0 Å². The van der Waals surface area contributed by atoms with Crippen LogP contribution in [0.3, 0.4) is 0 Å². The minimum absolute atomic E-state index is 0.191. The molecule has 168 valence electrons. The molecule has 0 aliphatic heterocycles. The molecule has 0 spiro atoms. The number of hydrogen-bond acceptors (Lipinski definition) is 6. The molecule has 34 heavy (non-hydrogen) atoms. The van der Waals surface area contributed by atoms with E-state index in [-0.39, 0.29) is 16.9 Å². The molecule has 0 unspecified atom stereocenters. The number of esters is 1. The minimum atomic E-state index is -0.662. The summed E-state index contributed by atoms with van der Waals surface area (Å²) in [5.41, 5.74) is 2.71. The second-order valence-electron chi connectivity index (χ2n) is 7.36. The summed E-state index contributed by atoms with van der Waals surface area (Å²) in [7, 11) is 0. The first-order valence-electron chi connectivity index (χ1n) is 10.3. The average molecular weight is 454 g/mol. The summed E-state index contributed by atoms with van der Waals surface area (Å²) in [5.74, 6) is -0.428. The summed E-state index contributed by atoms with van der Waals surface area (Å²) >= 11 is 0. The van der Waals surface area contributed by atoms with E-state index in [2.05, 4.69) is 25.4 Å². The number of carbonyl (C=O) groups excluding carboxylic acids is 2. The molecule has 0 atom stereocenters. The van der Waals surface area contributed by atoms with Gasteiger partial charge < -0.3 is 15.0 Å². The van der Waals surface area contributed by atoms with Crippen LogP contribution in [-0.2, 0) is 9.53 Å². The van der Waals surface area contributed by atoms with E-state index in [0.29, 0.717) is 22.5 Å². The quantitative estimate of drug-likeness (QED) is 0.338. The lowest BCUT2D eigenvalue weighted by Crippen LogP contribution is -2.21. The van der Waals surface area contributed by atoms with Gasteiger partial charge in [0.25, 0.3) is 11.5 Å². The Balaban J connectivity index is 1.23. The Kier molecular flexibility index (Phi) is 5.45. The number of para-hydroxylation sites is 1. The maximum atomic E-state index is 12.5. The van der Waals surface area contributed by atoms with Crippen LogP contribution in [0.15, 0.2) is 83.9 Å². The van der Waals surface area contributed by atoms with Crippen LogP contribution >= 0.6 is 0 Å². The lowest BCUT2D eigenvalue weighted by molar-refractivity contribution is -0.119. The lowest BCUT2D eigenvalue weighted by Gasteiger charge is -2.06. The van der Waals surface area contributed by atoms with Crippen molar-refractivity contribution in [3.63, 3.8) is 0 Å². The van der Waals surface area contributed by atoms with E-state index in [1.807, 2.05) is 18.2 Å². The number of carbonyl (C=O) groups is 2. The highest BCUT2D eigenvalue weighted by Gasteiger charge is 2.14. The summed E-state index contributed by atoms with van der Waals surface area (Å²) < 4.78 is 6.42. The van der Waals surface area contributed by atoms with Crippen molar-refractivity contribution in [2.75, 3.05) is 11.9 Å². The molecular formula is C24H18N6O4. The molecule has 0 aliphatic rings. The Morgan fingerprint density at radius 2 is 1.88 bits per heavy atom. The highest BCUT2D eigenvalue weighted by atomic mass is 16.5. The molecule has 0 fully saturated rings. The van der Waals surface area contributed by atoms with Crippen molar-refractivity contribution in [3.8, 4) is 17.1 Å². The maximum absolute atomic E-state index is 12.5. The van der Waals surface area contributed by atoms with Gasteiger partial charge in [-0.3, -0.25) is 19.7 Å². The van der Waals surface area contributed by atoms with Crippen molar-refractivity contribution < 1.29 is 14.3 Å². The third-order valence-corrected chi connectivity index (χ3v) is 5.00. The van der Waals surface area contributed by atoms with Crippen LogP contribution in [0.25, 0.3) is 28.1 Å². The number of ether oxygens (including phenoxy) is 1. The normalized spacial score (nSPS) is 10.8. The number of aromatic nitrogens is 5. The van der Waals surface area contributed by atoms with Gasteiger partial charge in [-0.25, -0.2) is 14.5 Å². The zero-order valence-electron chi connectivity index (χ0n) is 17.7. The molecule has 0 saturated carbocycles. The number of imidazole rings is 1. The van der Waals surface area contributed by atoms with E-state index in [1.54, 1.807) is 54.9 Å². The zero-order chi connectivity index (χ0) is 23.5. The van der Waals surface area contributed by atoms with Gasteiger partial charge in [-0.05, 0) is 42.5 Å². The maximum Gasteiger partial charge on any atom is 0.338 e. The van der Waals surface area contributed by atoms with Crippen LogP contribution in [0.5, 0.6) is 0 Å². The largest absolute Gasteiger partial charge is 0.452 e. The van der Waals surface area contributed by atoms with E-state index in [1.165, 1.54) is 10.7 Å². The van der Waals surface area contributed by atoms with Crippen molar-refractivity contribution in [3.05, 3.63) is 95.0 Å². The van der Waals surface area contributed by atoms with E-state index < -0.39 is 18.5 Å². The smallest absolute Gasteiger partial charge is 0.338 e. The molecule has 2 aromatic carbocycles. The molecule has 3 aromatic heterocycles. The molecule has 5 rings (SSSR count). The van der Waals surface area contributed by atoms with Crippen molar-refractivity contribution >= 4 is 28.7 Å². The van der Waals surface area contributed by atoms with Gasteiger partial charge in [0.1, 0.15) is 11.6 Å². The molecule has 10 heteroatoms. The Labute approximate surface area is 192 Å². The fourth-order valence-electron chi connectivity index (χ4n) is 3.41. The predicted molar refractivity (Wildman–Crippen MR) is 125 cm³/mol. The Morgan fingerprint density at radius 1 is 1.03 bits per heavy atom. The minimum Gasteiger partial charge on any atom is -0.452 e. The van der Waals surface area contributed by atoms with Crippen molar-refractivity contribution in [1.29, 1.82) is 0 Å². The first-order valence-corrected chi connectivity index (χ1v) is 10.3. The number of nitrogens with zero attached hydrogens (tertiary/aromatic N) is 3. The fraction of sp³-hybridized carbons (Fsp3) is 0.0417. The molecule has 1 amide bonds. The topological polar surface area (TPSA) is 135 Å². The fourth-order valence-corrected chi connectivity index (χ4v) is 3.41. The van der Waals surface area contributed by atoms with Gasteiger partial charge in [0.2, 0.25) is 0 Å². The van der Waals surface area contributed by atoms with Crippen LogP contribution in [0, 0.1) is 0 Å². The molecule has 0 bridgehead atoms. The van der Waals surface area contributed by atoms with Gasteiger partial charge in [0.15, 0.2) is 6.61 Å². The van der Waals surface area contributed by atoms with Crippen LogP contribution in [-0.4, -0.2) is 43.2 Å². The van der Waals surface area contributed by atoms with Gasteiger partial charge in [-0.15, -0.1) is 0 Å². The second kappa shape index (κ2) is 8.87. The Hall–Kier alpha value is -4.99. The number of fused-ring (bicyclic) bond motifs is 1. The van der Waals surface area contributed by atoms with Gasteiger partial charge in [0.05, 0.1) is 22.3 Å². The summed E-state index contributed by atoms with van der Waals surface area (Å²) in [4.78, 5) is 48.6. The lowest BCUT2D eigenvalue weighted by atomic mass is 10.2. The number of benzene rings is 2. The number of pyridine rings is 1. The second-order valence-corrected chi connectivity index (χ2v) is 7.36. The first-order chi connectivity index (χ1) is 16.6. The van der Waals surface area contributed by atoms with E-state index in [9.17, 15) is 14.4 Å². The van der Waals surface area contributed by atoms with Gasteiger partial charge in [-0.1, -0.05) is 18.2 Å². The van der Waals surface area contributed by atoms with Crippen LogP contribution in [0.1, 0.15) is 10.4 Å². The van der Waals surface area contributed by atoms with Crippen molar-refractivity contribution in [2.45, 2.75) is 0 Å². The molecule has 5 aromatic rings. The summed E-state index contributed by atoms with van der Waals surface area (Å²) in [6.07, 6.45) is 3.36. The van der Waals surface area contributed by atoms with Crippen molar-refractivity contribution in [2.24, 2.45) is 0 Å². The van der Waals surface area contributed by atoms with Crippen LogP contribution in [0.4, 0.5) is 5.82 Å². The number of hydrogen-bond donors (Lipinski definition) is 3. The predicted octanol–water partition coefficient (Wildman–Crippen LogP) is 2.90. The van der Waals surface area contributed by atoms with Crippen molar-refractivity contribution in [1.82, 2.24) is 24.7 Å². The number of anilines is 1. The number of H-pyrrole nitrogens is 2. The molecule has 0 saturated heterocycles. The third-order valence-electron chi connectivity index (χ3n) is 5.00. The molecule has 0 radical (unpaired) electrons. The van der Waals surface area contributed by atoms with Gasteiger partial charge in [0, 0.05) is 24.0 Å². The molecule has 3 N–H and O–H groups in total. The molecular weight excluding hydrogens is 436 g/mol. The Bertz CT molecular complexity index is 1540. The summed E-state index contributed by atoms with van der Waals surface area (Å²) in [6, 6.07) is 18.7. The molecule has 10 nitrogen and oxygen atoms in total. The summed E-state index contributed by atoms with van der Waals surface area (Å²) in [5, 5.41) is 5.32. The SMILES string of the molecule is O=C(COC(=O)c1ccc2nc(-c3cccnc3)[nH]c2c1)Nc1cc(=O)n(-c2ccccc2)[nH]1. The highest BCUT2D eigenvalue weighted by Crippen LogP contribution is 2.21. The number of aromatic amines is 2. The zero-order valence-corrected chi connectivity index (χ0v) is 17.7. The average Bonchev–Trinajstić information content (AvgIpc) is 3.46. The van der Waals surface area contributed by atoms with E-state index >= 15 is 0 Å². The third kappa shape index (κ3) is 4.32. The van der Waals surface area contributed by atoms with E-state index in [4.69, 9.17) is 4.74 Å². The standard InChI is InChI=1S/C24H18N6O4/c31-21(28-20-12-22(32)30(29-20)17-6-2-1-3-7-17)14-34-24(33)15-8-9-18-19(11-15)27-23(26-18)16-5-4-10-25-13-16/h1-13,29H,14H2,(H,26,27)(H,28,31). The molecule has 0 aliphatic carbocycles. The number of amides is 1. The highest BCUT2D eigenvalue weighted by molar-refractivity contribution is 5.97. The monoisotopic (exact) mass is 454 g/mol. The van der Waals surface area contributed by atoms with Crippen LogP contribution < -0.4 is 10.9 Å².